The molecular weight excluding hydrogens is 309 g/mol. The highest BCUT2D eigenvalue weighted by molar-refractivity contribution is 8.77. The molecule has 1 aliphatic heterocycles. The fourth-order valence-corrected chi connectivity index (χ4v) is 6.40. The van der Waals surface area contributed by atoms with Crippen LogP contribution in [0.25, 0.3) is 0 Å². The molecule has 1 heterocycles. The summed E-state index contributed by atoms with van der Waals surface area (Å²) in [6.07, 6.45) is 0. The first-order valence-electron chi connectivity index (χ1n) is 5.98. The van der Waals surface area contributed by atoms with Gasteiger partial charge in [0.15, 0.2) is 5.04 Å². The number of ether oxygens (including phenoxy) is 1. The minimum atomic E-state index is -2.18. The number of rotatable bonds is 3. The van der Waals surface area contributed by atoms with Gasteiger partial charge in [0.1, 0.15) is 5.75 Å². The maximum atomic E-state index is 5.69. The van der Waals surface area contributed by atoms with Crippen molar-refractivity contribution in [2.45, 2.75) is 0 Å². The minimum Gasteiger partial charge on any atom is -0.497 e. The van der Waals surface area contributed by atoms with E-state index in [4.69, 9.17) is 21.2 Å². The molecule has 1 unspecified atom stereocenters. The Morgan fingerprint density at radius 3 is 2.45 bits per heavy atom. The zero-order valence-electron chi connectivity index (χ0n) is 10.7. The van der Waals surface area contributed by atoms with E-state index in [1.165, 1.54) is 0 Å². The molecule has 2 aromatic rings. The topological polar surface area (TPSA) is 30.8 Å². The zero-order chi connectivity index (χ0) is 14.0. The molecule has 0 aliphatic carbocycles. The van der Waals surface area contributed by atoms with Crippen molar-refractivity contribution in [3.63, 3.8) is 0 Å². The summed E-state index contributed by atoms with van der Waals surface area (Å²) in [6, 6.07) is 17.7. The maximum absolute atomic E-state index is 5.69. The molecule has 0 aromatic heterocycles. The molecule has 0 saturated heterocycles. The monoisotopic (exact) mass is 321 g/mol. The van der Waals surface area contributed by atoms with Gasteiger partial charge in [0.2, 0.25) is 5.47 Å². The van der Waals surface area contributed by atoms with Crippen LogP contribution >= 0.6 is 16.8 Å². The molecule has 102 valence electrons. The van der Waals surface area contributed by atoms with Crippen molar-refractivity contribution in [3.05, 3.63) is 60.2 Å². The van der Waals surface area contributed by atoms with E-state index in [0.29, 0.717) is 0 Å². The van der Waals surface area contributed by atoms with Gasteiger partial charge >= 0.3 is 0 Å². The van der Waals surface area contributed by atoms with E-state index in [-0.39, 0.29) is 0 Å². The minimum absolute atomic E-state index is 0.809. The molecule has 0 saturated carbocycles. The van der Waals surface area contributed by atoms with Gasteiger partial charge in [-0.3, -0.25) is 0 Å². The summed E-state index contributed by atoms with van der Waals surface area (Å²) in [5, 5.41) is 6.02. The standard InChI is InChI=1S/C14H12NO2PS2/c1-16-12-7-9-13(10-8-12)18(19)17-15-14(20-18)11-5-3-2-4-6-11/h2-10H,1H3. The molecule has 0 spiro atoms. The molecule has 3 rings (SSSR count). The molecule has 2 aromatic carbocycles. The van der Waals surface area contributed by atoms with E-state index in [1.807, 2.05) is 54.6 Å². The molecule has 0 fully saturated rings. The summed E-state index contributed by atoms with van der Waals surface area (Å²) < 4.78 is 10.8. The van der Waals surface area contributed by atoms with Crippen LogP contribution in [-0.2, 0) is 16.4 Å². The number of nitrogens with zero attached hydrogens (tertiary/aromatic N) is 1. The second-order valence-corrected chi connectivity index (χ2v) is 10.7. The Balaban J connectivity index is 1.84. The Bertz CT molecular complexity index is 686. The van der Waals surface area contributed by atoms with Crippen molar-refractivity contribution in [3.8, 4) is 5.75 Å². The molecular formula is C14H12NO2PS2. The summed E-state index contributed by atoms with van der Waals surface area (Å²) in [5.41, 5.74) is -1.14. The number of hydrogen-bond donors (Lipinski definition) is 0. The van der Waals surface area contributed by atoms with Crippen LogP contribution < -0.4 is 10.0 Å². The van der Waals surface area contributed by atoms with Crippen molar-refractivity contribution < 1.29 is 9.36 Å². The normalized spacial score (nSPS) is 21.1. The number of oxime groups is 1. The van der Waals surface area contributed by atoms with Gasteiger partial charge in [0.25, 0.3) is 0 Å². The lowest BCUT2D eigenvalue weighted by Gasteiger charge is -2.12. The molecule has 3 nitrogen and oxygen atoms in total. The maximum Gasteiger partial charge on any atom is 0.232 e. The smallest absolute Gasteiger partial charge is 0.232 e. The van der Waals surface area contributed by atoms with E-state index in [0.717, 1.165) is 21.7 Å². The first kappa shape index (κ1) is 13.7. The third-order valence-corrected chi connectivity index (χ3v) is 8.37. The van der Waals surface area contributed by atoms with Crippen LogP contribution in [0.15, 0.2) is 59.8 Å². The summed E-state index contributed by atoms with van der Waals surface area (Å²) in [6.45, 7) is 0. The molecule has 6 heteroatoms. The molecule has 1 atom stereocenters. The lowest BCUT2D eigenvalue weighted by molar-refractivity contribution is 0.398. The number of benzene rings is 2. The van der Waals surface area contributed by atoms with Gasteiger partial charge in [-0.25, -0.2) is 0 Å². The quantitative estimate of drug-likeness (QED) is 0.806. The van der Waals surface area contributed by atoms with Crippen molar-refractivity contribution in [1.82, 2.24) is 0 Å². The average molecular weight is 321 g/mol. The fourth-order valence-electron chi connectivity index (χ4n) is 1.79. The lowest BCUT2D eigenvalue weighted by atomic mass is 10.2. The Kier molecular flexibility index (Phi) is 3.83. The Labute approximate surface area is 126 Å². The van der Waals surface area contributed by atoms with Gasteiger partial charge < -0.3 is 9.36 Å². The SMILES string of the molecule is COc1ccc(P2(=S)ON=C(c3ccccc3)S2)cc1. The van der Waals surface area contributed by atoms with E-state index >= 15 is 0 Å². The van der Waals surface area contributed by atoms with Crippen LogP contribution in [0.4, 0.5) is 0 Å². The fraction of sp³-hybridized carbons (Fsp3) is 0.0714. The molecule has 20 heavy (non-hydrogen) atoms. The molecule has 1 aliphatic rings. The second kappa shape index (κ2) is 5.60. The van der Waals surface area contributed by atoms with E-state index in [2.05, 4.69) is 5.16 Å². The molecule has 0 N–H and O–H groups in total. The van der Waals surface area contributed by atoms with Gasteiger partial charge in [-0.15, -0.1) is 0 Å². The first-order valence-corrected chi connectivity index (χ1v) is 10.1. The van der Waals surface area contributed by atoms with Crippen molar-refractivity contribution in [2.24, 2.45) is 5.16 Å². The number of hydrogen-bond acceptors (Lipinski definition) is 5. The van der Waals surface area contributed by atoms with E-state index in [1.54, 1.807) is 18.5 Å². The predicted molar refractivity (Wildman–Crippen MR) is 88.6 cm³/mol. The van der Waals surface area contributed by atoms with Crippen LogP contribution in [-0.4, -0.2) is 12.2 Å². The summed E-state index contributed by atoms with van der Waals surface area (Å²) in [7, 11) is 1.64. The van der Waals surface area contributed by atoms with Crippen molar-refractivity contribution in [2.75, 3.05) is 7.11 Å². The highest BCUT2D eigenvalue weighted by Crippen LogP contribution is 2.64. The Morgan fingerprint density at radius 2 is 1.80 bits per heavy atom. The summed E-state index contributed by atoms with van der Waals surface area (Å²) in [4.78, 5) is 0. The first-order chi connectivity index (χ1) is 9.71. The number of methoxy groups -OCH3 is 1. The predicted octanol–water partition coefficient (Wildman–Crippen LogP) is 3.76. The van der Waals surface area contributed by atoms with Gasteiger partial charge in [0.05, 0.1) is 7.11 Å². The third-order valence-electron chi connectivity index (χ3n) is 2.85. The van der Waals surface area contributed by atoms with Gasteiger partial charge in [0, 0.05) is 10.9 Å². The van der Waals surface area contributed by atoms with Gasteiger partial charge in [-0.2, -0.15) is 0 Å². The van der Waals surface area contributed by atoms with Crippen LogP contribution in [0, 0.1) is 0 Å². The second-order valence-electron chi connectivity index (χ2n) is 4.13. The molecule has 0 bridgehead atoms. The average Bonchev–Trinajstić information content (AvgIpc) is 2.92. The van der Waals surface area contributed by atoms with Crippen molar-refractivity contribution in [1.29, 1.82) is 0 Å². The highest BCUT2D eigenvalue weighted by atomic mass is 32.9. The third kappa shape index (κ3) is 2.62. The van der Waals surface area contributed by atoms with E-state index < -0.39 is 5.47 Å². The van der Waals surface area contributed by atoms with Crippen molar-refractivity contribution >= 4 is 39.0 Å². The van der Waals surface area contributed by atoms with Crippen LogP contribution in [0.1, 0.15) is 5.56 Å². The summed E-state index contributed by atoms with van der Waals surface area (Å²) in [5.74, 6) is 0.809. The molecule has 0 amide bonds. The summed E-state index contributed by atoms with van der Waals surface area (Å²) >= 11 is 7.23. The van der Waals surface area contributed by atoms with Crippen LogP contribution in [0.3, 0.4) is 0 Å². The van der Waals surface area contributed by atoms with Crippen LogP contribution in [0.5, 0.6) is 5.75 Å². The lowest BCUT2D eigenvalue weighted by Crippen LogP contribution is -2.01. The molecule has 0 radical (unpaired) electrons. The highest BCUT2D eigenvalue weighted by Gasteiger charge is 2.32. The Morgan fingerprint density at radius 1 is 1.10 bits per heavy atom. The zero-order valence-corrected chi connectivity index (χ0v) is 13.3. The largest absolute Gasteiger partial charge is 0.497 e. The van der Waals surface area contributed by atoms with Gasteiger partial charge in [-0.05, 0) is 47.5 Å². The Hall–Kier alpha value is -1.29. The van der Waals surface area contributed by atoms with Gasteiger partial charge in [-0.1, -0.05) is 35.5 Å². The van der Waals surface area contributed by atoms with E-state index in [9.17, 15) is 0 Å². The van der Waals surface area contributed by atoms with Crippen LogP contribution in [0.2, 0.25) is 0 Å².